The van der Waals surface area contributed by atoms with Crippen molar-refractivity contribution in [1.29, 1.82) is 0 Å². The largest absolute Gasteiger partial charge is 0.492 e. The van der Waals surface area contributed by atoms with E-state index in [1.54, 1.807) is 24.3 Å². The van der Waals surface area contributed by atoms with E-state index in [0.717, 1.165) is 32.7 Å². The SMILES string of the molecule is O=C(CN1CCN(CCOc2ccc(F)cc2)CC1)Nc1ccc(F)cc1. The van der Waals surface area contributed by atoms with Gasteiger partial charge in [-0.25, -0.2) is 8.78 Å². The number of piperazine rings is 1. The molecule has 1 saturated heterocycles. The van der Waals surface area contributed by atoms with Crippen LogP contribution in [-0.2, 0) is 4.79 Å². The lowest BCUT2D eigenvalue weighted by molar-refractivity contribution is -0.117. The van der Waals surface area contributed by atoms with Crippen LogP contribution in [-0.4, -0.2) is 61.6 Å². The zero-order chi connectivity index (χ0) is 19.1. The lowest BCUT2D eigenvalue weighted by Gasteiger charge is -2.34. The Labute approximate surface area is 157 Å². The van der Waals surface area contributed by atoms with Crippen LogP contribution in [0.4, 0.5) is 14.5 Å². The highest BCUT2D eigenvalue weighted by Gasteiger charge is 2.18. The molecule has 0 bridgehead atoms. The standard InChI is InChI=1S/C20H23F2N3O2/c21-16-1-5-18(6-2-16)23-20(26)15-25-11-9-24(10-12-25)13-14-27-19-7-3-17(22)4-8-19/h1-8H,9-15H2,(H,23,26). The highest BCUT2D eigenvalue weighted by Crippen LogP contribution is 2.11. The van der Waals surface area contributed by atoms with Crippen molar-refractivity contribution >= 4 is 11.6 Å². The molecule has 7 heteroatoms. The maximum atomic E-state index is 12.9. The Bertz CT molecular complexity index is 730. The number of hydrogen-bond acceptors (Lipinski definition) is 4. The first kappa shape index (κ1) is 19.3. The van der Waals surface area contributed by atoms with Gasteiger partial charge < -0.3 is 10.1 Å². The summed E-state index contributed by atoms with van der Waals surface area (Å²) in [6.45, 7) is 4.95. The van der Waals surface area contributed by atoms with Crippen LogP contribution in [0.25, 0.3) is 0 Å². The van der Waals surface area contributed by atoms with E-state index in [0.29, 0.717) is 24.6 Å². The van der Waals surface area contributed by atoms with E-state index >= 15 is 0 Å². The van der Waals surface area contributed by atoms with Crippen molar-refractivity contribution in [2.75, 3.05) is 51.2 Å². The van der Waals surface area contributed by atoms with Crippen molar-refractivity contribution < 1.29 is 18.3 Å². The van der Waals surface area contributed by atoms with Crippen LogP contribution < -0.4 is 10.1 Å². The molecule has 1 N–H and O–H groups in total. The van der Waals surface area contributed by atoms with Gasteiger partial charge in [0.2, 0.25) is 5.91 Å². The van der Waals surface area contributed by atoms with E-state index in [1.165, 1.54) is 24.3 Å². The zero-order valence-electron chi connectivity index (χ0n) is 15.0. The molecule has 0 aromatic heterocycles. The number of rotatable bonds is 7. The van der Waals surface area contributed by atoms with Gasteiger partial charge in [0.1, 0.15) is 24.0 Å². The van der Waals surface area contributed by atoms with Crippen molar-refractivity contribution in [2.45, 2.75) is 0 Å². The molecule has 0 unspecified atom stereocenters. The van der Waals surface area contributed by atoms with Crippen LogP contribution >= 0.6 is 0 Å². The lowest BCUT2D eigenvalue weighted by atomic mass is 10.3. The highest BCUT2D eigenvalue weighted by molar-refractivity contribution is 5.92. The number of amides is 1. The van der Waals surface area contributed by atoms with E-state index in [-0.39, 0.29) is 17.5 Å². The third-order valence-electron chi connectivity index (χ3n) is 4.45. The van der Waals surface area contributed by atoms with Gasteiger partial charge in [-0.1, -0.05) is 0 Å². The van der Waals surface area contributed by atoms with Gasteiger partial charge in [0.25, 0.3) is 0 Å². The highest BCUT2D eigenvalue weighted by atomic mass is 19.1. The smallest absolute Gasteiger partial charge is 0.238 e. The number of halogens is 2. The number of nitrogens with one attached hydrogen (secondary N) is 1. The van der Waals surface area contributed by atoms with Crippen LogP contribution in [0.5, 0.6) is 5.75 Å². The number of carbonyl (C=O) groups is 1. The van der Waals surface area contributed by atoms with Gasteiger partial charge in [-0.05, 0) is 48.5 Å². The first-order valence-electron chi connectivity index (χ1n) is 8.97. The molecule has 0 saturated carbocycles. The maximum Gasteiger partial charge on any atom is 0.238 e. The summed E-state index contributed by atoms with van der Waals surface area (Å²) in [6, 6.07) is 11.7. The molecule has 0 atom stereocenters. The van der Waals surface area contributed by atoms with Crippen molar-refractivity contribution in [2.24, 2.45) is 0 Å². The van der Waals surface area contributed by atoms with Crippen LogP contribution in [0.2, 0.25) is 0 Å². The van der Waals surface area contributed by atoms with Crippen molar-refractivity contribution in [3.63, 3.8) is 0 Å². The normalized spacial score (nSPS) is 15.5. The van der Waals surface area contributed by atoms with E-state index < -0.39 is 0 Å². The molecule has 1 aliphatic rings. The van der Waals surface area contributed by atoms with Crippen molar-refractivity contribution in [1.82, 2.24) is 9.80 Å². The van der Waals surface area contributed by atoms with E-state index in [1.807, 2.05) is 0 Å². The monoisotopic (exact) mass is 375 g/mol. The number of benzene rings is 2. The number of anilines is 1. The van der Waals surface area contributed by atoms with Gasteiger partial charge in [0.15, 0.2) is 0 Å². The molecule has 27 heavy (non-hydrogen) atoms. The predicted molar refractivity (Wildman–Crippen MR) is 99.8 cm³/mol. The van der Waals surface area contributed by atoms with Crippen LogP contribution in [0.1, 0.15) is 0 Å². The van der Waals surface area contributed by atoms with Crippen molar-refractivity contribution in [3.05, 3.63) is 60.2 Å². The molecule has 2 aromatic carbocycles. The molecule has 1 aliphatic heterocycles. The van der Waals surface area contributed by atoms with Gasteiger partial charge in [0, 0.05) is 38.4 Å². The molecular weight excluding hydrogens is 352 g/mol. The quantitative estimate of drug-likeness (QED) is 0.808. The van der Waals surface area contributed by atoms with Crippen LogP contribution in [0.15, 0.2) is 48.5 Å². The summed E-state index contributed by atoms with van der Waals surface area (Å²) < 4.78 is 31.4. The Morgan fingerprint density at radius 2 is 1.44 bits per heavy atom. The number of ether oxygens (including phenoxy) is 1. The summed E-state index contributed by atoms with van der Waals surface area (Å²) >= 11 is 0. The fourth-order valence-corrected chi connectivity index (χ4v) is 2.93. The average molecular weight is 375 g/mol. The van der Waals surface area contributed by atoms with Crippen LogP contribution in [0, 0.1) is 11.6 Å². The molecule has 1 amide bonds. The molecule has 144 valence electrons. The molecule has 0 aliphatic carbocycles. The molecule has 0 spiro atoms. The Hall–Kier alpha value is -2.51. The first-order valence-corrected chi connectivity index (χ1v) is 8.97. The minimum Gasteiger partial charge on any atom is -0.492 e. The molecule has 0 radical (unpaired) electrons. The fourth-order valence-electron chi connectivity index (χ4n) is 2.93. The molecule has 1 fully saturated rings. The number of nitrogens with zero attached hydrogens (tertiary/aromatic N) is 2. The van der Waals surface area contributed by atoms with Gasteiger partial charge in [-0.3, -0.25) is 14.6 Å². The zero-order valence-corrected chi connectivity index (χ0v) is 15.0. The van der Waals surface area contributed by atoms with Gasteiger partial charge in [-0.15, -0.1) is 0 Å². The Kier molecular flexibility index (Phi) is 6.73. The van der Waals surface area contributed by atoms with E-state index in [2.05, 4.69) is 15.1 Å². The van der Waals surface area contributed by atoms with Gasteiger partial charge >= 0.3 is 0 Å². The molecular formula is C20H23F2N3O2. The summed E-state index contributed by atoms with van der Waals surface area (Å²) in [5, 5.41) is 2.78. The molecule has 5 nitrogen and oxygen atoms in total. The second kappa shape index (κ2) is 9.43. The third kappa shape index (κ3) is 6.30. The Morgan fingerprint density at radius 1 is 0.889 bits per heavy atom. The summed E-state index contributed by atoms with van der Waals surface area (Å²) in [6.07, 6.45) is 0. The summed E-state index contributed by atoms with van der Waals surface area (Å²) in [5.74, 6) is -0.0448. The fraction of sp³-hybridized carbons (Fsp3) is 0.350. The number of carbonyl (C=O) groups excluding carboxylic acids is 1. The lowest BCUT2D eigenvalue weighted by Crippen LogP contribution is -2.49. The van der Waals surface area contributed by atoms with Crippen molar-refractivity contribution in [3.8, 4) is 5.75 Å². The van der Waals surface area contributed by atoms with E-state index in [4.69, 9.17) is 4.74 Å². The number of hydrogen-bond donors (Lipinski definition) is 1. The second-order valence-corrected chi connectivity index (χ2v) is 6.48. The average Bonchev–Trinajstić information content (AvgIpc) is 2.67. The second-order valence-electron chi connectivity index (χ2n) is 6.48. The summed E-state index contributed by atoms with van der Waals surface area (Å²) in [4.78, 5) is 16.5. The first-order chi connectivity index (χ1) is 13.1. The Balaban J connectivity index is 1.33. The molecule has 2 aromatic rings. The van der Waals surface area contributed by atoms with Gasteiger partial charge in [0.05, 0.1) is 6.54 Å². The minimum absolute atomic E-state index is 0.102. The summed E-state index contributed by atoms with van der Waals surface area (Å²) in [7, 11) is 0. The predicted octanol–water partition coefficient (Wildman–Crippen LogP) is 2.60. The molecule has 3 rings (SSSR count). The third-order valence-corrected chi connectivity index (χ3v) is 4.45. The minimum atomic E-state index is -0.326. The van der Waals surface area contributed by atoms with Gasteiger partial charge in [-0.2, -0.15) is 0 Å². The van der Waals surface area contributed by atoms with E-state index in [9.17, 15) is 13.6 Å². The van der Waals surface area contributed by atoms with Crippen LogP contribution in [0.3, 0.4) is 0 Å². The Morgan fingerprint density at radius 3 is 2.07 bits per heavy atom. The summed E-state index contributed by atoms with van der Waals surface area (Å²) in [5.41, 5.74) is 0.595. The maximum absolute atomic E-state index is 12.9. The molecule has 1 heterocycles. The topological polar surface area (TPSA) is 44.8 Å².